The molecule has 1 atom stereocenters. The fourth-order valence-corrected chi connectivity index (χ4v) is 2.18. The number of rotatable bonds is 6. The fourth-order valence-electron chi connectivity index (χ4n) is 2.18. The maximum Gasteiger partial charge on any atom is 0.387 e. The molecule has 2 aromatic carbocycles. The topological polar surface area (TPSA) is 21.3 Å². The molecule has 0 aliphatic rings. The van der Waals surface area contributed by atoms with Gasteiger partial charge in [-0.15, -0.1) is 0 Å². The number of aryl methyl sites for hydroxylation is 1. The van der Waals surface area contributed by atoms with Crippen LogP contribution >= 0.6 is 0 Å². The maximum atomic E-state index is 12.2. The Morgan fingerprint density at radius 1 is 1.10 bits per heavy atom. The molecule has 112 valence electrons. The highest BCUT2D eigenvalue weighted by molar-refractivity contribution is 5.50. The molecule has 0 spiro atoms. The highest BCUT2D eigenvalue weighted by Gasteiger charge is 2.10. The molecule has 0 heterocycles. The summed E-state index contributed by atoms with van der Waals surface area (Å²) in [5.74, 6) is 0.161. The second-order valence-corrected chi connectivity index (χ2v) is 4.92. The third kappa shape index (κ3) is 4.45. The van der Waals surface area contributed by atoms with E-state index in [-0.39, 0.29) is 11.8 Å². The van der Waals surface area contributed by atoms with Crippen LogP contribution in [0.1, 0.15) is 30.5 Å². The molecule has 0 bridgehead atoms. The van der Waals surface area contributed by atoms with Crippen molar-refractivity contribution in [2.24, 2.45) is 0 Å². The predicted molar refractivity (Wildman–Crippen MR) is 80.9 cm³/mol. The van der Waals surface area contributed by atoms with Crippen LogP contribution in [0.15, 0.2) is 48.5 Å². The first kappa shape index (κ1) is 15.3. The zero-order chi connectivity index (χ0) is 15.2. The molecule has 0 saturated carbocycles. The summed E-state index contributed by atoms with van der Waals surface area (Å²) in [6.07, 6.45) is 0.892. The quantitative estimate of drug-likeness (QED) is 0.793. The first-order valence-electron chi connectivity index (χ1n) is 6.96. The number of nitrogens with one attached hydrogen (secondary N) is 1. The third-order valence-corrected chi connectivity index (χ3v) is 3.29. The van der Waals surface area contributed by atoms with E-state index in [9.17, 15) is 8.78 Å². The van der Waals surface area contributed by atoms with Crippen molar-refractivity contribution in [3.8, 4) is 5.75 Å². The average molecular weight is 291 g/mol. The van der Waals surface area contributed by atoms with Gasteiger partial charge in [0.25, 0.3) is 0 Å². The van der Waals surface area contributed by atoms with E-state index in [1.807, 2.05) is 13.0 Å². The molecule has 0 aromatic heterocycles. The van der Waals surface area contributed by atoms with Crippen LogP contribution in [0.4, 0.5) is 14.5 Å². The Morgan fingerprint density at radius 2 is 1.81 bits per heavy atom. The van der Waals surface area contributed by atoms with E-state index in [1.54, 1.807) is 12.1 Å². The van der Waals surface area contributed by atoms with E-state index in [0.29, 0.717) is 0 Å². The van der Waals surface area contributed by atoms with E-state index < -0.39 is 6.61 Å². The highest BCUT2D eigenvalue weighted by Crippen LogP contribution is 2.26. The molecule has 0 fully saturated rings. The zero-order valence-corrected chi connectivity index (χ0v) is 12.1. The number of alkyl halides is 2. The number of hydrogen-bond acceptors (Lipinski definition) is 2. The highest BCUT2D eigenvalue weighted by atomic mass is 19.3. The molecule has 4 heteroatoms. The SMILES string of the molecule is CCC(Nc1cccc(OC(F)F)c1)c1ccc(C)cc1. The zero-order valence-electron chi connectivity index (χ0n) is 12.1. The Balaban J connectivity index is 2.13. The number of halogens is 2. The van der Waals surface area contributed by atoms with E-state index in [0.717, 1.165) is 12.1 Å². The van der Waals surface area contributed by atoms with Crippen LogP contribution < -0.4 is 10.1 Å². The van der Waals surface area contributed by atoms with E-state index in [1.165, 1.54) is 17.2 Å². The molecule has 2 nitrogen and oxygen atoms in total. The molecule has 2 rings (SSSR count). The van der Waals surface area contributed by atoms with Gasteiger partial charge in [-0.05, 0) is 31.0 Å². The summed E-state index contributed by atoms with van der Waals surface area (Å²) in [5, 5.41) is 3.35. The van der Waals surface area contributed by atoms with Crippen molar-refractivity contribution in [1.29, 1.82) is 0 Å². The lowest BCUT2D eigenvalue weighted by Crippen LogP contribution is -2.10. The lowest BCUT2D eigenvalue weighted by molar-refractivity contribution is -0.0498. The normalized spacial score (nSPS) is 12.2. The van der Waals surface area contributed by atoms with Crippen molar-refractivity contribution in [2.45, 2.75) is 32.9 Å². The first-order chi connectivity index (χ1) is 10.1. The number of hydrogen-bond donors (Lipinski definition) is 1. The van der Waals surface area contributed by atoms with Gasteiger partial charge in [0.2, 0.25) is 0 Å². The van der Waals surface area contributed by atoms with Gasteiger partial charge in [0, 0.05) is 11.8 Å². The van der Waals surface area contributed by atoms with Gasteiger partial charge in [-0.3, -0.25) is 0 Å². The minimum Gasteiger partial charge on any atom is -0.435 e. The van der Waals surface area contributed by atoms with E-state index in [4.69, 9.17) is 0 Å². The van der Waals surface area contributed by atoms with Gasteiger partial charge in [0.05, 0.1) is 6.04 Å². The van der Waals surface area contributed by atoms with Gasteiger partial charge in [0.15, 0.2) is 0 Å². The number of benzene rings is 2. The largest absolute Gasteiger partial charge is 0.435 e. The standard InChI is InChI=1S/C17H19F2NO/c1-3-16(13-9-7-12(2)8-10-13)20-14-5-4-6-15(11-14)21-17(18)19/h4-11,16-17,20H,3H2,1-2H3. The summed E-state index contributed by atoms with van der Waals surface area (Å²) in [5.41, 5.74) is 3.14. The Kier molecular flexibility index (Phi) is 5.14. The minimum atomic E-state index is -2.81. The molecule has 0 aliphatic carbocycles. The van der Waals surface area contributed by atoms with Crippen LogP contribution in [-0.4, -0.2) is 6.61 Å². The van der Waals surface area contributed by atoms with Crippen molar-refractivity contribution >= 4 is 5.69 Å². The summed E-state index contributed by atoms with van der Waals surface area (Å²) in [6, 6.07) is 15.1. The van der Waals surface area contributed by atoms with Crippen molar-refractivity contribution in [1.82, 2.24) is 0 Å². The Bertz CT molecular complexity index is 569. The van der Waals surface area contributed by atoms with Crippen LogP contribution in [0.3, 0.4) is 0 Å². The first-order valence-corrected chi connectivity index (χ1v) is 6.96. The molecular formula is C17H19F2NO. The molecule has 0 amide bonds. The maximum absolute atomic E-state index is 12.2. The summed E-state index contributed by atoms with van der Waals surface area (Å²) in [6.45, 7) is 1.32. The van der Waals surface area contributed by atoms with Crippen LogP contribution in [0, 0.1) is 6.92 Å². The van der Waals surface area contributed by atoms with Gasteiger partial charge >= 0.3 is 6.61 Å². The monoisotopic (exact) mass is 291 g/mol. The Hall–Kier alpha value is -2.10. The molecule has 1 N–H and O–H groups in total. The molecule has 0 saturated heterocycles. The summed E-state index contributed by atoms with van der Waals surface area (Å²) in [4.78, 5) is 0. The second-order valence-electron chi connectivity index (χ2n) is 4.92. The smallest absolute Gasteiger partial charge is 0.387 e. The van der Waals surface area contributed by atoms with E-state index >= 15 is 0 Å². The van der Waals surface area contributed by atoms with Gasteiger partial charge in [0.1, 0.15) is 5.75 Å². The molecular weight excluding hydrogens is 272 g/mol. The minimum absolute atomic E-state index is 0.132. The lowest BCUT2D eigenvalue weighted by atomic mass is 10.0. The van der Waals surface area contributed by atoms with Gasteiger partial charge in [-0.2, -0.15) is 8.78 Å². The molecule has 0 radical (unpaired) electrons. The molecule has 21 heavy (non-hydrogen) atoms. The Morgan fingerprint density at radius 3 is 2.43 bits per heavy atom. The number of ether oxygens (including phenoxy) is 1. The fraction of sp³-hybridized carbons (Fsp3) is 0.294. The van der Waals surface area contributed by atoms with Crippen LogP contribution in [0.25, 0.3) is 0 Å². The Labute approximate surface area is 123 Å². The molecule has 2 aromatic rings. The average Bonchev–Trinajstić information content (AvgIpc) is 2.45. The summed E-state index contributed by atoms with van der Waals surface area (Å²) in [7, 11) is 0. The lowest BCUT2D eigenvalue weighted by Gasteiger charge is -2.19. The van der Waals surface area contributed by atoms with Gasteiger partial charge < -0.3 is 10.1 Å². The van der Waals surface area contributed by atoms with Crippen LogP contribution in [-0.2, 0) is 0 Å². The van der Waals surface area contributed by atoms with Crippen LogP contribution in [0.5, 0.6) is 5.75 Å². The van der Waals surface area contributed by atoms with E-state index in [2.05, 4.69) is 41.2 Å². The van der Waals surface area contributed by atoms with Crippen molar-refractivity contribution in [3.63, 3.8) is 0 Å². The summed E-state index contributed by atoms with van der Waals surface area (Å²) >= 11 is 0. The summed E-state index contributed by atoms with van der Waals surface area (Å²) < 4.78 is 28.9. The van der Waals surface area contributed by atoms with Crippen molar-refractivity contribution in [3.05, 3.63) is 59.7 Å². The second kappa shape index (κ2) is 7.07. The molecule has 0 aliphatic heterocycles. The van der Waals surface area contributed by atoms with Gasteiger partial charge in [-0.1, -0.05) is 42.8 Å². The van der Waals surface area contributed by atoms with Crippen LogP contribution in [0.2, 0.25) is 0 Å². The third-order valence-electron chi connectivity index (χ3n) is 3.29. The van der Waals surface area contributed by atoms with Crippen molar-refractivity contribution in [2.75, 3.05) is 5.32 Å². The van der Waals surface area contributed by atoms with Crippen molar-refractivity contribution < 1.29 is 13.5 Å². The number of anilines is 1. The molecule has 1 unspecified atom stereocenters. The predicted octanol–water partition coefficient (Wildman–Crippen LogP) is 5.16. The van der Waals surface area contributed by atoms with Gasteiger partial charge in [-0.25, -0.2) is 0 Å².